The highest BCUT2D eigenvalue weighted by Gasteiger charge is 2.45. The maximum Gasteiger partial charge on any atom is 0.394 e. The summed E-state index contributed by atoms with van der Waals surface area (Å²) in [5, 5.41) is 10.8. The zero-order valence-corrected chi connectivity index (χ0v) is 18.1. The number of nitrogens with one attached hydrogen (secondary N) is 2. The minimum atomic E-state index is -4.73. The first-order chi connectivity index (χ1) is 15.7. The van der Waals surface area contributed by atoms with E-state index in [1.807, 2.05) is 24.3 Å². The second-order valence-corrected chi connectivity index (χ2v) is 7.92. The van der Waals surface area contributed by atoms with E-state index in [2.05, 4.69) is 10.2 Å². The average Bonchev–Trinajstić information content (AvgIpc) is 2.82. The van der Waals surface area contributed by atoms with Crippen molar-refractivity contribution in [3.8, 4) is 11.1 Å². The Bertz CT molecular complexity index is 943. The van der Waals surface area contributed by atoms with Gasteiger partial charge < -0.3 is 10.1 Å². The first-order valence-electron chi connectivity index (χ1n) is 10.5. The number of amides is 2. The maximum absolute atomic E-state index is 13.0. The Hall–Kier alpha value is -2.95. The minimum absolute atomic E-state index is 0.0906. The average molecular weight is 465 g/mol. The number of nitrogens with zero attached hydrogens (tertiary/aromatic N) is 1. The number of carbonyl (C=O) groups is 2. The van der Waals surface area contributed by atoms with Gasteiger partial charge in [0.15, 0.2) is 0 Å². The molecular weight excluding hydrogens is 439 g/mol. The van der Waals surface area contributed by atoms with E-state index in [0.29, 0.717) is 0 Å². The molecule has 7 nitrogen and oxygen atoms in total. The Morgan fingerprint density at radius 1 is 1.03 bits per heavy atom. The SMILES string of the molecule is CC(C(NC(=O)c1ccc(-c2ccc(CN3CCOCC3)cc2)cc1)C(=O)NO)C(F)(F)F. The predicted molar refractivity (Wildman–Crippen MR) is 114 cm³/mol. The number of benzene rings is 2. The van der Waals surface area contributed by atoms with Crippen LogP contribution in [0.25, 0.3) is 11.1 Å². The van der Waals surface area contributed by atoms with Crippen LogP contribution in [0.2, 0.25) is 0 Å². The highest BCUT2D eigenvalue weighted by atomic mass is 19.4. The highest BCUT2D eigenvalue weighted by Crippen LogP contribution is 2.29. The van der Waals surface area contributed by atoms with Crippen LogP contribution in [-0.2, 0) is 16.1 Å². The van der Waals surface area contributed by atoms with E-state index in [1.165, 1.54) is 23.2 Å². The molecule has 2 aromatic rings. The van der Waals surface area contributed by atoms with Crippen LogP contribution in [0, 0.1) is 5.92 Å². The van der Waals surface area contributed by atoms with Crippen molar-refractivity contribution in [3.63, 3.8) is 0 Å². The molecule has 2 atom stereocenters. The molecule has 0 saturated carbocycles. The fraction of sp³-hybridized carbons (Fsp3) is 0.391. The molecule has 1 saturated heterocycles. The summed E-state index contributed by atoms with van der Waals surface area (Å²) in [6, 6.07) is 12.3. The molecule has 0 aromatic heterocycles. The van der Waals surface area contributed by atoms with E-state index >= 15 is 0 Å². The van der Waals surface area contributed by atoms with Gasteiger partial charge in [0.1, 0.15) is 6.04 Å². The van der Waals surface area contributed by atoms with Crippen molar-refractivity contribution in [2.24, 2.45) is 5.92 Å². The molecule has 1 aliphatic heterocycles. The third-order valence-electron chi connectivity index (χ3n) is 5.64. The Morgan fingerprint density at radius 2 is 1.58 bits per heavy atom. The van der Waals surface area contributed by atoms with Crippen molar-refractivity contribution in [1.82, 2.24) is 15.7 Å². The zero-order valence-electron chi connectivity index (χ0n) is 18.1. The van der Waals surface area contributed by atoms with Gasteiger partial charge >= 0.3 is 6.18 Å². The minimum Gasteiger partial charge on any atom is -0.379 e. The van der Waals surface area contributed by atoms with Crippen LogP contribution in [-0.4, -0.2) is 60.4 Å². The van der Waals surface area contributed by atoms with E-state index in [0.717, 1.165) is 50.9 Å². The van der Waals surface area contributed by atoms with Crippen LogP contribution < -0.4 is 10.8 Å². The molecule has 3 N–H and O–H groups in total. The summed E-state index contributed by atoms with van der Waals surface area (Å²) >= 11 is 0. The first kappa shape index (κ1) is 24.7. The fourth-order valence-corrected chi connectivity index (χ4v) is 3.53. The molecule has 2 aromatic carbocycles. The molecule has 1 fully saturated rings. The lowest BCUT2D eigenvalue weighted by atomic mass is 9.99. The largest absolute Gasteiger partial charge is 0.394 e. The van der Waals surface area contributed by atoms with Crippen LogP contribution in [0.4, 0.5) is 13.2 Å². The molecule has 2 amide bonds. The van der Waals surface area contributed by atoms with E-state index in [-0.39, 0.29) is 5.56 Å². The molecule has 10 heteroatoms. The van der Waals surface area contributed by atoms with E-state index < -0.39 is 30.0 Å². The van der Waals surface area contributed by atoms with E-state index in [1.54, 1.807) is 12.1 Å². The van der Waals surface area contributed by atoms with Gasteiger partial charge in [0.2, 0.25) is 0 Å². The van der Waals surface area contributed by atoms with Gasteiger partial charge in [-0.1, -0.05) is 43.3 Å². The third kappa shape index (κ3) is 6.53. The number of hydrogen-bond acceptors (Lipinski definition) is 5. The Kier molecular flexibility index (Phi) is 8.06. The highest BCUT2D eigenvalue weighted by molar-refractivity contribution is 5.97. The van der Waals surface area contributed by atoms with E-state index in [4.69, 9.17) is 9.94 Å². The second-order valence-electron chi connectivity index (χ2n) is 7.92. The van der Waals surface area contributed by atoms with Crippen LogP contribution in [0.5, 0.6) is 0 Å². The van der Waals surface area contributed by atoms with Gasteiger partial charge in [0.25, 0.3) is 11.8 Å². The topological polar surface area (TPSA) is 90.9 Å². The standard InChI is InChI=1S/C23H26F3N3O4/c1-15(23(24,25)26)20(22(31)28-32)27-21(30)19-8-6-18(7-9-19)17-4-2-16(3-5-17)14-29-10-12-33-13-11-29/h2-9,15,20,32H,10-14H2,1H3,(H,27,30)(H,28,31). The lowest BCUT2D eigenvalue weighted by Crippen LogP contribution is -2.53. The summed E-state index contributed by atoms with van der Waals surface area (Å²) < 4.78 is 44.4. The Balaban J connectivity index is 1.66. The number of morpholine rings is 1. The Labute approximate surface area is 189 Å². The van der Waals surface area contributed by atoms with Crippen molar-refractivity contribution in [2.75, 3.05) is 26.3 Å². The van der Waals surface area contributed by atoms with Gasteiger partial charge in [-0.05, 0) is 28.8 Å². The predicted octanol–water partition coefficient (Wildman–Crippen LogP) is 2.99. The first-order valence-corrected chi connectivity index (χ1v) is 10.5. The number of hydrogen-bond donors (Lipinski definition) is 3. The van der Waals surface area contributed by atoms with Crippen LogP contribution in [0.15, 0.2) is 48.5 Å². The van der Waals surface area contributed by atoms with Crippen LogP contribution in [0.1, 0.15) is 22.8 Å². The van der Waals surface area contributed by atoms with E-state index in [9.17, 15) is 22.8 Å². The fourth-order valence-electron chi connectivity index (χ4n) is 3.53. The molecule has 1 aliphatic rings. The van der Waals surface area contributed by atoms with Crippen molar-refractivity contribution in [1.29, 1.82) is 0 Å². The van der Waals surface area contributed by atoms with Crippen molar-refractivity contribution in [2.45, 2.75) is 25.7 Å². The second kappa shape index (κ2) is 10.8. The monoisotopic (exact) mass is 465 g/mol. The van der Waals surface area contributed by atoms with Gasteiger partial charge in [-0.15, -0.1) is 0 Å². The lowest BCUT2D eigenvalue weighted by molar-refractivity contribution is -0.181. The summed E-state index contributed by atoms with van der Waals surface area (Å²) in [6.07, 6.45) is -4.73. The zero-order chi connectivity index (χ0) is 24.0. The van der Waals surface area contributed by atoms with Crippen LogP contribution in [0.3, 0.4) is 0 Å². The molecule has 0 bridgehead atoms. The van der Waals surface area contributed by atoms with Gasteiger partial charge in [-0.3, -0.25) is 19.7 Å². The quantitative estimate of drug-likeness (QED) is 0.432. The molecule has 178 valence electrons. The molecular formula is C23H26F3N3O4. The van der Waals surface area contributed by atoms with Gasteiger partial charge in [0, 0.05) is 25.2 Å². The normalized spacial score (nSPS) is 16.6. The molecule has 33 heavy (non-hydrogen) atoms. The van der Waals surface area contributed by atoms with Crippen molar-refractivity contribution in [3.05, 3.63) is 59.7 Å². The summed E-state index contributed by atoms with van der Waals surface area (Å²) in [7, 11) is 0. The molecule has 0 spiro atoms. The number of hydroxylamine groups is 1. The van der Waals surface area contributed by atoms with Crippen LogP contribution >= 0.6 is 0 Å². The summed E-state index contributed by atoms with van der Waals surface area (Å²) in [5.74, 6) is -4.39. The van der Waals surface area contributed by atoms with Gasteiger partial charge in [-0.2, -0.15) is 13.2 Å². The maximum atomic E-state index is 13.0. The number of alkyl halides is 3. The van der Waals surface area contributed by atoms with Gasteiger partial charge in [-0.25, -0.2) is 5.48 Å². The molecule has 2 unspecified atom stereocenters. The number of ether oxygens (including phenoxy) is 1. The molecule has 0 radical (unpaired) electrons. The Morgan fingerprint density at radius 3 is 2.09 bits per heavy atom. The number of carbonyl (C=O) groups excluding carboxylic acids is 2. The summed E-state index contributed by atoms with van der Waals surface area (Å²) in [6.45, 7) is 4.85. The lowest BCUT2D eigenvalue weighted by Gasteiger charge is -2.26. The smallest absolute Gasteiger partial charge is 0.379 e. The molecule has 1 heterocycles. The molecule has 3 rings (SSSR count). The number of halogens is 3. The molecule has 0 aliphatic carbocycles. The number of rotatable bonds is 7. The summed E-state index contributed by atoms with van der Waals surface area (Å²) in [4.78, 5) is 26.4. The summed E-state index contributed by atoms with van der Waals surface area (Å²) in [5.41, 5.74) is 4.19. The third-order valence-corrected chi connectivity index (χ3v) is 5.64. The van der Waals surface area contributed by atoms with Crippen molar-refractivity contribution < 1.29 is 32.7 Å². The van der Waals surface area contributed by atoms with Crippen molar-refractivity contribution >= 4 is 11.8 Å². The van der Waals surface area contributed by atoms with Gasteiger partial charge in [0.05, 0.1) is 19.1 Å².